The molecule has 0 fully saturated rings. The molecule has 0 aliphatic carbocycles. The second-order valence-electron chi connectivity index (χ2n) is 3.67. The Kier molecular flexibility index (Phi) is 13.6. The molecule has 0 saturated carbocycles. The zero-order valence-corrected chi connectivity index (χ0v) is 11.5. The van der Waals surface area contributed by atoms with E-state index in [0.717, 1.165) is 0 Å². The summed E-state index contributed by atoms with van der Waals surface area (Å²) in [6.45, 7) is 12.8. The minimum absolute atomic E-state index is 0.176. The van der Waals surface area contributed by atoms with Gasteiger partial charge in [-0.25, -0.2) is 4.79 Å². The van der Waals surface area contributed by atoms with Crippen molar-refractivity contribution in [1.82, 2.24) is 0 Å². The van der Waals surface area contributed by atoms with Gasteiger partial charge in [-0.15, -0.1) is 13.2 Å². The topological polar surface area (TPSA) is 37.3 Å². The van der Waals surface area contributed by atoms with E-state index in [1.165, 1.54) is 31.7 Å². The minimum Gasteiger partial charge on any atom is -0.478 e. The highest BCUT2D eigenvalue weighted by atomic mass is 16.4. The van der Waals surface area contributed by atoms with Crippen LogP contribution in [-0.4, -0.2) is 11.1 Å². The zero-order chi connectivity index (χ0) is 14.4. The fourth-order valence-electron chi connectivity index (χ4n) is 1.03. The summed E-state index contributed by atoms with van der Waals surface area (Å²) in [7, 11) is 0. The van der Waals surface area contributed by atoms with E-state index in [1.54, 1.807) is 0 Å². The molecule has 0 atom stereocenters. The molecule has 2 nitrogen and oxygen atoms in total. The van der Waals surface area contributed by atoms with Crippen LogP contribution in [0.5, 0.6) is 0 Å². The Hall–Kier alpha value is -1.83. The smallest absolute Gasteiger partial charge is 0.330 e. The van der Waals surface area contributed by atoms with E-state index in [1.807, 2.05) is 0 Å². The number of carboxylic acid groups (broad SMARTS) is 1. The van der Waals surface area contributed by atoms with Crippen molar-refractivity contribution >= 4 is 5.97 Å². The Labute approximate surface area is 111 Å². The van der Waals surface area contributed by atoms with Gasteiger partial charge in [-0.3, -0.25) is 0 Å². The van der Waals surface area contributed by atoms with Gasteiger partial charge in [0.25, 0.3) is 0 Å². The van der Waals surface area contributed by atoms with Crippen molar-refractivity contribution < 1.29 is 9.90 Å². The molecule has 2 heteroatoms. The first-order valence-electron chi connectivity index (χ1n) is 6.00. The van der Waals surface area contributed by atoms with Crippen LogP contribution in [0.3, 0.4) is 0 Å². The van der Waals surface area contributed by atoms with E-state index < -0.39 is 5.97 Å². The molecule has 1 aromatic carbocycles. The third-order valence-corrected chi connectivity index (χ3v) is 2.03. The van der Waals surface area contributed by atoms with Crippen molar-refractivity contribution in [2.24, 2.45) is 0 Å². The van der Waals surface area contributed by atoms with Crippen LogP contribution in [0.15, 0.2) is 55.6 Å². The van der Waals surface area contributed by atoms with E-state index in [2.05, 4.69) is 57.0 Å². The maximum atomic E-state index is 9.60. The number of rotatable bonds is 4. The van der Waals surface area contributed by atoms with Crippen LogP contribution in [-0.2, 0) is 11.2 Å². The van der Waals surface area contributed by atoms with Crippen molar-refractivity contribution in [3.63, 3.8) is 0 Å². The van der Waals surface area contributed by atoms with E-state index >= 15 is 0 Å². The van der Waals surface area contributed by atoms with Crippen LogP contribution in [0, 0.1) is 0 Å². The van der Waals surface area contributed by atoms with Crippen LogP contribution in [0.4, 0.5) is 0 Å². The summed E-state index contributed by atoms with van der Waals surface area (Å²) in [4.78, 5) is 9.60. The van der Waals surface area contributed by atoms with Gasteiger partial charge < -0.3 is 5.11 Å². The SMILES string of the molecule is C=C.C=C(C)C(=O)O.CCCCc1ccccc1. The summed E-state index contributed by atoms with van der Waals surface area (Å²) in [6, 6.07) is 10.6. The van der Waals surface area contributed by atoms with Crippen molar-refractivity contribution in [2.75, 3.05) is 0 Å². The monoisotopic (exact) mass is 248 g/mol. The lowest BCUT2D eigenvalue weighted by molar-refractivity contribution is -0.132. The number of carboxylic acids is 1. The van der Waals surface area contributed by atoms with E-state index in [-0.39, 0.29) is 5.57 Å². The number of aryl methyl sites for hydroxylation is 1. The first-order valence-corrected chi connectivity index (χ1v) is 6.00. The van der Waals surface area contributed by atoms with Gasteiger partial charge in [0, 0.05) is 5.57 Å². The molecular weight excluding hydrogens is 224 g/mol. The molecule has 18 heavy (non-hydrogen) atoms. The Morgan fingerprint density at radius 3 is 2.00 bits per heavy atom. The summed E-state index contributed by atoms with van der Waals surface area (Å²) in [5, 5.41) is 7.89. The highest BCUT2D eigenvalue weighted by Gasteiger charge is 1.90. The molecule has 0 amide bonds. The lowest BCUT2D eigenvalue weighted by Crippen LogP contribution is -1.92. The Bertz CT molecular complexity index is 316. The lowest BCUT2D eigenvalue weighted by Gasteiger charge is -1.96. The molecule has 0 unspecified atom stereocenters. The number of aliphatic carboxylic acids is 1. The van der Waals surface area contributed by atoms with Gasteiger partial charge in [-0.05, 0) is 25.3 Å². The second-order valence-corrected chi connectivity index (χ2v) is 3.67. The van der Waals surface area contributed by atoms with Crippen LogP contribution < -0.4 is 0 Å². The van der Waals surface area contributed by atoms with Gasteiger partial charge in [0.05, 0.1) is 0 Å². The highest BCUT2D eigenvalue weighted by Crippen LogP contribution is 2.03. The first-order chi connectivity index (χ1) is 8.57. The van der Waals surface area contributed by atoms with E-state index in [4.69, 9.17) is 5.11 Å². The maximum absolute atomic E-state index is 9.60. The third-order valence-electron chi connectivity index (χ3n) is 2.03. The molecule has 0 saturated heterocycles. The minimum atomic E-state index is -0.935. The van der Waals surface area contributed by atoms with E-state index in [0.29, 0.717) is 0 Å². The van der Waals surface area contributed by atoms with Gasteiger partial charge in [0.1, 0.15) is 0 Å². The fourth-order valence-corrected chi connectivity index (χ4v) is 1.03. The van der Waals surface area contributed by atoms with Crippen molar-refractivity contribution in [3.05, 3.63) is 61.2 Å². The summed E-state index contributed by atoms with van der Waals surface area (Å²) >= 11 is 0. The predicted octanol–water partition coefficient (Wildman–Crippen LogP) is 4.48. The molecule has 0 spiro atoms. The third kappa shape index (κ3) is 12.2. The molecule has 1 rings (SSSR count). The molecule has 1 N–H and O–H groups in total. The molecular formula is C16H24O2. The highest BCUT2D eigenvalue weighted by molar-refractivity contribution is 5.84. The van der Waals surface area contributed by atoms with Crippen LogP contribution in [0.1, 0.15) is 32.3 Å². The average molecular weight is 248 g/mol. The maximum Gasteiger partial charge on any atom is 0.330 e. The Morgan fingerprint density at radius 2 is 1.67 bits per heavy atom. The molecule has 100 valence electrons. The normalized spacial score (nSPS) is 8.11. The second kappa shape index (κ2) is 13.2. The molecule has 0 heterocycles. The molecule has 0 aliphatic rings. The van der Waals surface area contributed by atoms with Crippen molar-refractivity contribution in [3.8, 4) is 0 Å². The van der Waals surface area contributed by atoms with Gasteiger partial charge in [-0.1, -0.05) is 50.3 Å². The Morgan fingerprint density at radius 1 is 1.22 bits per heavy atom. The number of benzene rings is 1. The number of carbonyl (C=O) groups is 1. The quantitative estimate of drug-likeness (QED) is 0.630. The summed E-state index contributed by atoms with van der Waals surface area (Å²) in [6.07, 6.45) is 3.83. The lowest BCUT2D eigenvalue weighted by atomic mass is 10.1. The average Bonchev–Trinajstić information content (AvgIpc) is 2.40. The van der Waals surface area contributed by atoms with Crippen LogP contribution in [0.25, 0.3) is 0 Å². The number of hydrogen-bond acceptors (Lipinski definition) is 1. The van der Waals surface area contributed by atoms with Gasteiger partial charge in [0.15, 0.2) is 0 Å². The van der Waals surface area contributed by atoms with Crippen LogP contribution in [0.2, 0.25) is 0 Å². The molecule has 0 bridgehead atoms. The van der Waals surface area contributed by atoms with Gasteiger partial charge in [-0.2, -0.15) is 0 Å². The summed E-state index contributed by atoms with van der Waals surface area (Å²) in [5.74, 6) is -0.935. The summed E-state index contributed by atoms with van der Waals surface area (Å²) in [5.41, 5.74) is 1.64. The Balaban J connectivity index is 0. The fraction of sp³-hybridized carbons (Fsp3) is 0.312. The van der Waals surface area contributed by atoms with E-state index in [9.17, 15) is 4.79 Å². The van der Waals surface area contributed by atoms with Crippen molar-refractivity contribution in [1.29, 1.82) is 0 Å². The standard InChI is InChI=1S/C10H14.C4H6O2.C2H4/c1-2-3-7-10-8-5-4-6-9-10;1-3(2)4(5)6;1-2/h4-6,8-9H,2-3,7H2,1H3;1H2,2H3,(H,5,6);1-2H2. The molecule has 0 aliphatic heterocycles. The summed E-state index contributed by atoms with van der Waals surface area (Å²) < 4.78 is 0. The van der Waals surface area contributed by atoms with Gasteiger partial charge >= 0.3 is 5.97 Å². The molecule has 0 aromatic heterocycles. The van der Waals surface area contributed by atoms with Gasteiger partial charge in [0.2, 0.25) is 0 Å². The number of unbranched alkanes of at least 4 members (excludes halogenated alkanes) is 1. The largest absolute Gasteiger partial charge is 0.478 e. The number of hydrogen-bond donors (Lipinski definition) is 1. The predicted molar refractivity (Wildman–Crippen MR) is 78.8 cm³/mol. The van der Waals surface area contributed by atoms with Crippen molar-refractivity contribution in [2.45, 2.75) is 33.1 Å². The van der Waals surface area contributed by atoms with Crippen LogP contribution >= 0.6 is 0 Å². The first kappa shape index (κ1) is 18.5. The zero-order valence-electron chi connectivity index (χ0n) is 11.5. The molecule has 0 radical (unpaired) electrons. The molecule has 1 aromatic rings.